The lowest BCUT2D eigenvalue weighted by Crippen LogP contribution is -2.08. The summed E-state index contributed by atoms with van der Waals surface area (Å²) in [6.07, 6.45) is 3.71. The summed E-state index contributed by atoms with van der Waals surface area (Å²) in [4.78, 5) is 12.2. The largest absolute Gasteiger partial charge is 0.490 e. The number of hydrogen-bond donors (Lipinski definition) is 0. The summed E-state index contributed by atoms with van der Waals surface area (Å²) in [5.41, 5.74) is 0.282. The van der Waals surface area contributed by atoms with Crippen molar-refractivity contribution in [2.45, 2.75) is 6.92 Å². The zero-order valence-corrected chi connectivity index (χ0v) is 14.3. The highest BCUT2D eigenvalue weighted by atomic mass is 19.2. The third-order valence-electron chi connectivity index (χ3n) is 3.83. The van der Waals surface area contributed by atoms with Gasteiger partial charge < -0.3 is 9.47 Å². The van der Waals surface area contributed by atoms with E-state index in [0.29, 0.717) is 12.4 Å². The van der Waals surface area contributed by atoms with E-state index in [2.05, 4.69) is 0 Å². The predicted molar refractivity (Wildman–Crippen MR) is 95.5 cm³/mol. The van der Waals surface area contributed by atoms with Gasteiger partial charge in [-0.25, -0.2) is 18.0 Å². The third-order valence-corrected chi connectivity index (χ3v) is 3.83. The van der Waals surface area contributed by atoms with Gasteiger partial charge in [0.25, 0.3) is 0 Å². The van der Waals surface area contributed by atoms with Crippen LogP contribution in [-0.2, 0) is 0 Å². The summed E-state index contributed by atoms with van der Waals surface area (Å²) in [5.74, 6) is -4.08. The van der Waals surface area contributed by atoms with Crippen molar-refractivity contribution in [2.75, 3.05) is 6.61 Å². The molecule has 0 spiro atoms. The Kier molecular flexibility index (Phi) is 5.45. The molecule has 0 heterocycles. The molecule has 3 nitrogen and oxygen atoms in total. The molecule has 0 unspecified atom stereocenters. The zero-order valence-electron chi connectivity index (χ0n) is 14.3. The lowest BCUT2D eigenvalue weighted by Gasteiger charge is -2.08. The van der Waals surface area contributed by atoms with Crippen LogP contribution in [0, 0.1) is 17.5 Å². The summed E-state index contributed by atoms with van der Waals surface area (Å²) in [6, 6.07) is 11.0. The molecule has 3 aromatic carbocycles. The predicted octanol–water partition coefficient (Wildman–Crippen LogP) is 5.43. The molecule has 0 radical (unpaired) electrons. The molecule has 0 aliphatic carbocycles. The Balaban J connectivity index is 1.76. The van der Waals surface area contributed by atoms with Crippen LogP contribution < -0.4 is 9.47 Å². The van der Waals surface area contributed by atoms with Crippen LogP contribution in [0.5, 0.6) is 11.5 Å². The fourth-order valence-electron chi connectivity index (χ4n) is 2.44. The number of fused-ring (bicyclic) bond motifs is 1. The van der Waals surface area contributed by atoms with E-state index in [1.54, 1.807) is 24.3 Å². The van der Waals surface area contributed by atoms with Crippen molar-refractivity contribution in [1.82, 2.24) is 0 Å². The Bertz CT molecular complexity index is 1010. The zero-order chi connectivity index (χ0) is 19.4. The molecule has 0 aliphatic heterocycles. The molecule has 0 bridgehead atoms. The monoisotopic (exact) mass is 372 g/mol. The number of esters is 1. The Hall–Kier alpha value is -3.28. The molecule has 0 saturated heterocycles. The molecule has 6 heteroatoms. The third kappa shape index (κ3) is 4.11. The average molecular weight is 372 g/mol. The van der Waals surface area contributed by atoms with E-state index in [-0.39, 0.29) is 22.1 Å². The Morgan fingerprint density at radius 2 is 1.67 bits per heavy atom. The van der Waals surface area contributed by atoms with Gasteiger partial charge in [0.05, 0.1) is 5.56 Å². The average Bonchev–Trinajstić information content (AvgIpc) is 2.67. The first-order chi connectivity index (χ1) is 13.0. The van der Waals surface area contributed by atoms with E-state index in [1.165, 1.54) is 18.2 Å². The number of carbonyl (C=O) groups is 1. The molecule has 0 N–H and O–H groups in total. The van der Waals surface area contributed by atoms with Gasteiger partial charge in [-0.3, -0.25) is 0 Å². The molecule has 0 aromatic heterocycles. The maximum Gasteiger partial charge on any atom is 0.343 e. The van der Waals surface area contributed by atoms with Gasteiger partial charge >= 0.3 is 5.97 Å². The standard InChI is InChI=1S/C21H15F3O3/c1-2-3-10-26-15-6-4-13(5-7-15)21(25)27-16-8-9-17-14(11-16)12-18(22)20(24)19(17)23/h2-9,11-12H,10H2,1H3. The lowest BCUT2D eigenvalue weighted by molar-refractivity contribution is 0.0735. The molecule has 27 heavy (non-hydrogen) atoms. The van der Waals surface area contributed by atoms with Crippen molar-refractivity contribution >= 4 is 16.7 Å². The van der Waals surface area contributed by atoms with Gasteiger partial charge in [-0.05, 0) is 60.8 Å². The number of ether oxygens (including phenoxy) is 2. The normalized spacial score (nSPS) is 11.1. The first kappa shape index (κ1) is 18.5. The van der Waals surface area contributed by atoms with Crippen LogP contribution in [0.4, 0.5) is 13.2 Å². The van der Waals surface area contributed by atoms with Crippen LogP contribution in [0.25, 0.3) is 10.8 Å². The van der Waals surface area contributed by atoms with Gasteiger partial charge in [0.1, 0.15) is 18.1 Å². The van der Waals surface area contributed by atoms with Gasteiger partial charge in [-0.1, -0.05) is 12.2 Å². The number of carbonyl (C=O) groups excluding carboxylic acids is 1. The van der Waals surface area contributed by atoms with Crippen molar-refractivity contribution < 1.29 is 27.4 Å². The second-order valence-corrected chi connectivity index (χ2v) is 5.66. The van der Waals surface area contributed by atoms with Crippen LogP contribution in [0.1, 0.15) is 17.3 Å². The molecule has 0 atom stereocenters. The molecule has 0 saturated carbocycles. The highest BCUT2D eigenvalue weighted by molar-refractivity contribution is 5.92. The minimum Gasteiger partial charge on any atom is -0.490 e. The smallest absolute Gasteiger partial charge is 0.343 e. The van der Waals surface area contributed by atoms with E-state index < -0.39 is 23.4 Å². The fourth-order valence-corrected chi connectivity index (χ4v) is 2.44. The highest BCUT2D eigenvalue weighted by Crippen LogP contribution is 2.27. The molecule has 0 fully saturated rings. The van der Waals surface area contributed by atoms with Crippen molar-refractivity contribution in [2.24, 2.45) is 0 Å². The van der Waals surface area contributed by atoms with Gasteiger partial charge in [0.15, 0.2) is 17.5 Å². The van der Waals surface area contributed by atoms with E-state index in [1.807, 2.05) is 19.1 Å². The summed E-state index contributed by atoms with van der Waals surface area (Å²) in [5, 5.41) is -0.0132. The molecule has 0 amide bonds. The lowest BCUT2D eigenvalue weighted by atomic mass is 10.1. The van der Waals surface area contributed by atoms with Gasteiger partial charge in [0.2, 0.25) is 0 Å². The maximum atomic E-state index is 13.7. The first-order valence-electron chi connectivity index (χ1n) is 8.13. The molecule has 3 rings (SSSR count). The van der Waals surface area contributed by atoms with E-state index >= 15 is 0 Å². The first-order valence-corrected chi connectivity index (χ1v) is 8.13. The molecular weight excluding hydrogens is 357 g/mol. The van der Waals surface area contributed by atoms with Gasteiger partial charge in [0, 0.05) is 5.39 Å². The number of allylic oxidation sites excluding steroid dienone is 1. The quantitative estimate of drug-likeness (QED) is 0.259. The molecular formula is C21H15F3O3. The summed E-state index contributed by atoms with van der Waals surface area (Å²) >= 11 is 0. The number of rotatable bonds is 5. The van der Waals surface area contributed by atoms with Crippen molar-refractivity contribution in [1.29, 1.82) is 0 Å². The Labute approximate surface area is 153 Å². The Morgan fingerprint density at radius 1 is 0.963 bits per heavy atom. The summed E-state index contributed by atoms with van der Waals surface area (Å²) in [6.45, 7) is 2.31. The van der Waals surface area contributed by atoms with Crippen LogP contribution in [0.15, 0.2) is 60.7 Å². The van der Waals surface area contributed by atoms with Crippen LogP contribution in [-0.4, -0.2) is 12.6 Å². The van der Waals surface area contributed by atoms with Gasteiger partial charge in [-0.2, -0.15) is 0 Å². The number of halogens is 3. The van der Waals surface area contributed by atoms with Crippen LogP contribution in [0.3, 0.4) is 0 Å². The van der Waals surface area contributed by atoms with E-state index in [0.717, 1.165) is 6.07 Å². The minimum absolute atomic E-state index is 0.0874. The van der Waals surface area contributed by atoms with Crippen molar-refractivity contribution in [3.8, 4) is 11.5 Å². The van der Waals surface area contributed by atoms with Gasteiger partial charge in [-0.15, -0.1) is 0 Å². The summed E-state index contributed by atoms with van der Waals surface area (Å²) in [7, 11) is 0. The number of hydrogen-bond acceptors (Lipinski definition) is 3. The van der Waals surface area contributed by atoms with Crippen LogP contribution in [0.2, 0.25) is 0 Å². The number of benzene rings is 3. The fraction of sp³-hybridized carbons (Fsp3) is 0.0952. The Morgan fingerprint density at radius 3 is 2.37 bits per heavy atom. The summed E-state index contributed by atoms with van der Waals surface area (Å²) < 4.78 is 51.0. The van der Waals surface area contributed by atoms with Crippen molar-refractivity contribution in [3.63, 3.8) is 0 Å². The second-order valence-electron chi connectivity index (χ2n) is 5.66. The minimum atomic E-state index is -1.54. The van der Waals surface area contributed by atoms with Crippen molar-refractivity contribution in [3.05, 3.63) is 83.7 Å². The topological polar surface area (TPSA) is 35.5 Å². The van der Waals surface area contributed by atoms with E-state index in [4.69, 9.17) is 9.47 Å². The van der Waals surface area contributed by atoms with E-state index in [9.17, 15) is 18.0 Å². The SMILES string of the molecule is CC=CCOc1ccc(C(=O)Oc2ccc3c(F)c(F)c(F)cc3c2)cc1. The molecule has 138 valence electrons. The second kappa shape index (κ2) is 7.95. The van der Waals surface area contributed by atoms with Crippen LogP contribution >= 0.6 is 0 Å². The maximum absolute atomic E-state index is 13.7. The highest BCUT2D eigenvalue weighted by Gasteiger charge is 2.15. The molecule has 3 aromatic rings. The molecule has 0 aliphatic rings.